The molecule has 1 amide bonds. The number of thioether (sulfide) groups is 1. The Labute approximate surface area is 177 Å². The number of amides is 1. The molecule has 0 spiro atoms. The molecule has 4 N–H and O–H groups in total. The SMILES string of the molecule is CCCSc1nc(NC2CCC(O)C2)c(N)c(N(C(=O)OC(C)(C)C)C2CC2)n1. The van der Waals surface area contributed by atoms with Gasteiger partial charge in [0.25, 0.3) is 0 Å². The van der Waals surface area contributed by atoms with Crippen molar-refractivity contribution in [3.8, 4) is 0 Å². The number of hydrogen-bond acceptors (Lipinski definition) is 8. The second-order valence-corrected chi connectivity index (χ2v) is 9.89. The molecule has 2 fully saturated rings. The van der Waals surface area contributed by atoms with Gasteiger partial charge in [-0.1, -0.05) is 18.7 Å². The zero-order valence-corrected chi connectivity index (χ0v) is 18.6. The molecule has 2 atom stereocenters. The first kappa shape index (κ1) is 22.0. The average Bonchev–Trinajstić information content (AvgIpc) is 3.36. The normalized spacial score (nSPS) is 21.8. The predicted octanol–water partition coefficient (Wildman–Crippen LogP) is 3.79. The van der Waals surface area contributed by atoms with Crippen molar-refractivity contribution in [2.45, 2.75) is 95.2 Å². The molecule has 9 heteroatoms. The maximum atomic E-state index is 12.9. The van der Waals surface area contributed by atoms with Gasteiger partial charge in [0, 0.05) is 17.8 Å². The largest absolute Gasteiger partial charge is 0.443 e. The van der Waals surface area contributed by atoms with Crippen LogP contribution in [0.2, 0.25) is 0 Å². The van der Waals surface area contributed by atoms with Gasteiger partial charge in [0.2, 0.25) is 0 Å². The number of hydrogen-bond donors (Lipinski definition) is 3. The van der Waals surface area contributed by atoms with E-state index in [1.54, 1.807) is 16.7 Å². The molecule has 2 aliphatic rings. The molecule has 8 nitrogen and oxygen atoms in total. The summed E-state index contributed by atoms with van der Waals surface area (Å²) >= 11 is 1.54. The van der Waals surface area contributed by atoms with E-state index < -0.39 is 11.7 Å². The van der Waals surface area contributed by atoms with Crippen LogP contribution in [-0.2, 0) is 4.74 Å². The summed E-state index contributed by atoms with van der Waals surface area (Å²) in [5, 5.41) is 13.8. The summed E-state index contributed by atoms with van der Waals surface area (Å²) in [5.41, 5.74) is 6.20. The Bertz CT molecular complexity index is 736. The van der Waals surface area contributed by atoms with Crippen molar-refractivity contribution < 1.29 is 14.6 Å². The summed E-state index contributed by atoms with van der Waals surface area (Å²) in [4.78, 5) is 23.8. The number of nitrogen functional groups attached to an aromatic ring is 1. The van der Waals surface area contributed by atoms with Crippen LogP contribution in [0.15, 0.2) is 5.16 Å². The van der Waals surface area contributed by atoms with Crippen LogP contribution in [0.1, 0.15) is 66.2 Å². The van der Waals surface area contributed by atoms with Crippen LogP contribution in [0.5, 0.6) is 0 Å². The highest BCUT2D eigenvalue weighted by Crippen LogP contribution is 2.39. The monoisotopic (exact) mass is 423 g/mol. The van der Waals surface area contributed by atoms with Crippen LogP contribution in [0, 0.1) is 0 Å². The number of aromatic nitrogens is 2. The predicted molar refractivity (Wildman–Crippen MR) is 116 cm³/mol. The van der Waals surface area contributed by atoms with Gasteiger partial charge in [-0.3, -0.25) is 4.90 Å². The average molecular weight is 424 g/mol. The topological polar surface area (TPSA) is 114 Å². The highest BCUT2D eigenvalue weighted by atomic mass is 32.2. The smallest absolute Gasteiger partial charge is 0.416 e. The van der Waals surface area contributed by atoms with Gasteiger partial charge >= 0.3 is 6.09 Å². The summed E-state index contributed by atoms with van der Waals surface area (Å²) in [5.74, 6) is 1.82. The Morgan fingerprint density at radius 2 is 2.03 bits per heavy atom. The lowest BCUT2D eigenvalue weighted by atomic mass is 10.2. The third kappa shape index (κ3) is 5.88. The highest BCUT2D eigenvalue weighted by Gasteiger charge is 2.39. The minimum atomic E-state index is -0.604. The molecule has 0 aromatic carbocycles. The molecule has 0 bridgehead atoms. The summed E-state index contributed by atoms with van der Waals surface area (Å²) in [6.45, 7) is 7.64. The Balaban J connectivity index is 1.93. The number of rotatable bonds is 7. The van der Waals surface area contributed by atoms with Crippen LogP contribution in [0.3, 0.4) is 0 Å². The number of ether oxygens (including phenoxy) is 1. The minimum absolute atomic E-state index is 0.0484. The summed E-state index contributed by atoms with van der Waals surface area (Å²) in [7, 11) is 0. The van der Waals surface area contributed by atoms with Gasteiger partial charge in [-0.25, -0.2) is 14.8 Å². The van der Waals surface area contributed by atoms with E-state index in [-0.39, 0.29) is 18.2 Å². The number of nitrogens with zero attached hydrogens (tertiary/aromatic N) is 3. The quantitative estimate of drug-likeness (QED) is 0.448. The number of carbonyl (C=O) groups excluding carboxylic acids is 1. The van der Waals surface area contributed by atoms with E-state index in [2.05, 4.69) is 22.2 Å². The van der Waals surface area contributed by atoms with Gasteiger partial charge in [-0.15, -0.1) is 0 Å². The first-order chi connectivity index (χ1) is 13.7. The summed E-state index contributed by atoms with van der Waals surface area (Å²) < 4.78 is 5.63. The molecule has 1 heterocycles. The van der Waals surface area contributed by atoms with Crippen molar-refractivity contribution in [1.29, 1.82) is 0 Å². The Hall–Kier alpha value is -1.74. The van der Waals surface area contributed by atoms with E-state index >= 15 is 0 Å². The maximum Gasteiger partial charge on any atom is 0.416 e. The van der Waals surface area contributed by atoms with E-state index in [4.69, 9.17) is 10.5 Å². The number of aliphatic hydroxyl groups is 1. The van der Waals surface area contributed by atoms with Crippen LogP contribution < -0.4 is 16.0 Å². The Kier molecular flexibility index (Phi) is 6.78. The standard InChI is InChI=1S/C20H33N5O3S/c1-5-10-29-18-23-16(22-12-6-9-14(26)11-12)15(21)17(24-18)25(13-7-8-13)19(27)28-20(2,3)4/h12-14,26H,5-11,21H2,1-4H3,(H,22,23,24). The lowest BCUT2D eigenvalue weighted by molar-refractivity contribution is 0.0576. The fraction of sp³-hybridized carbons (Fsp3) is 0.750. The molecule has 0 aliphatic heterocycles. The van der Waals surface area contributed by atoms with Gasteiger partial charge in [0.05, 0.1) is 6.10 Å². The zero-order valence-electron chi connectivity index (χ0n) is 17.8. The Morgan fingerprint density at radius 3 is 2.59 bits per heavy atom. The van der Waals surface area contributed by atoms with E-state index in [1.807, 2.05) is 20.8 Å². The summed E-state index contributed by atoms with van der Waals surface area (Å²) in [6, 6.07) is 0.155. The molecule has 3 rings (SSSR count). The zero-order chi connectivity index (χ0) is 21.2. The van der Waals surface area contributed by atoms with Crippen molar-refractivity contribution in [1.82, 2.24) is 9.97 Å². The molecular formula is C20H33N5O3S. The van der Waals surface area contributed by atoms with Crippen molar-refractivity contribution in [3.63, 3.8) is 0 Å². The number of aliphatic hydroxyl groups excluding tert-OH is 1. The maximum absolute atomic E-state index is 12.9. The number of nitrogens with one attached hydrogen (secondary N) is 1. The summed E-state index contributed by atoms with van der Waals surface area (Å²) in [6.07, 6.45) is 4.34. The lowest BCUT2D eigenvalue weighted by Crippen LogP contribution is -2.39. The van der Waals surface area contributed by atoms with Gasteiger partial charge in [0.15, 0.2) is 16.8 Å². The van der Waals surface area contributed by atoms with Crippen molar-refractivity contribution >= 4 is 35.2 Å². The number of nitrogens with two attached hydrogens (primary N) is 1. The van der Waals surface area contributed by atoms with Crippen LogP contribution in [-0.4, -0.2) is 50.7 Å². The minimum Gasteiger partial charge on any atom is -0.443 e. The van der Waals surface area contributed by atoms with Gasteiger partial charge in [-0.2, -0.15) is 0 Å². The van der Waals surface area contributed by atoms with E-state index in [9.17, 15) is 9.90 Å². The molecule has 1 aromatic rings. The highest BCUT2D eigenvalue weighted by molar-refractivity contribution is 7.99. The fourth-order valence-electron chi connectivity index (χ4n) is 3.32. The second kappa shape index (κ2) is 8.95. The fourth-order valence-corrected chi connectivity index (χ4v) is 4.02. The lowest BCUT2D eigenvalue weighted by Gasteiger charge is -2.28. The third-order valence-electron chi connectivity index (χ3n) is 4.82. The van der Waals surface area contributed by atoms with Crippen LogP contribution in [0.4, 0.5) is 22.1 Å². The third-order valence-corrected chi connectivity index (χ3v) is 5.87. The van der Waals surface area contributed by atoms with E-state index in [1.165, 1.54) is 0 Å². The first-order valence-electron chi connectivity index (χ1n) is 10.4. The molecule has 2 saturated carbocycles. The van der Waals surface area contributed by atoms with Gasteiger partial charge in [-0.05, 0) is 59.3 Å². The molecule has 1 aromatic heterocycles. The van der Waals surface area contributed by atoms with Crippen molar-refractivity contribution in [2.75, 3.05) is 21.7 Å². The van der Waals surface area contributed by atoms with Gasteiger partial charge in [0.1, 0.15) is 11.3 Å². The Morgan fingerprint density at radius 1 is 1.31 bits per heavy atom. The van der Waals surface area contributed by atoms with Crippen molar-refractivity contribution in [2.24, 2.45) is 0 Å². The van der Waals surface area contributed by atoms with E-state index in [0.717, 1.165) is 37.9 Å². The molecule has 2 aliphatic carbocycles. The van der Waals surface area contributed by atoms with E-state index in [0.29, 0.717) is 28.9 Å². The molecule has 29 heavy (non-hydrogen) atoms. The number of anilines is 3. The van der Waals surface area contributed by atoms with Crippen molar-refractivity contribution in [3.05, 3.63) is 0 Å². The second-order valence-electron chi connectivity index (χ2n) is 8.83. The molecule has 2 unspecified atom stereocenters. The first-order valence-corrected chi connectivity index (χ1v) is 11.4. The van der Waals surface area contributed by atoms with Gasteiger partial charge < -0.3 is 20.9 Å². The molecule has 0 radical (unpaired) electrons. The van der Waals surface area contributed by atoms with Crippen LogP contribution in [0.25, 0.3) is 0 Å². The molecular weight excluding hydrogens is 390 g/mol. The molecule has 162 valence electrons. The molecule has 0 saturated heterocycles. The number of carbonyl (C=O) groups is 1. The van der Waals surface area contributed by atoms with Crippen LogP contribution >= 0.6 is 11.8 Å².